The van der Waals surface area contributed by atoms with Crippen molar-refractivity contribution in [3.63, 3.8) is 0 Å². The van der Waals surface area contributed by atoms with Crippen LogP contribution < -0.4 is 4.74 Å². The molecule has 2 fully saturated rings. The lowest BCUT2D eigenvalue weighted by Gasteiger charge is -2.58. The van der Waals surface area contributed by atoms with Crippen molar-refractivity contribution in [2.45, 2.75) is 58.2 Å². The number of nitrogens with zero attached hydrogens (tertiary/aromatic N) is 1. The van der Waals surface area contributed by atoms with Gasteiger partial charge in [-0.05, 0) is 57.8 Å². The maximum Gasteiger partial charge on any atom is 0.200 e. The first kappa shape index (κ1) is 23.3. The van der Waals surface area contributed by atoms with E-state index >= 15 is 0 Å². The second kappa shape index (κ2) is 8.35. The van der Waals surface area contributed by atoms with E-state index in [4.69, 9.17) is 9.47 Å². The summed E-state index contributed by atoms with van der Waals surface area (Å²) in [5, 5.41) is 10.5. The van der Waals surface area contributed by atoms with Gasteiger partial charge in [0.1, 0.15) is 17.1 Å². The zero-order valence-electron chi connectivity index (χ0n) is 20.6. The van der Waals surface area contributed by atoms with Crippen LogP contribution in [0.3, 0.4) is 0 Å². The van der Waals surface area contributed by atoms with Crippen LogP contribution in [0, 0.1) is 17.8 Å². The summed E-state index contributed by atoms with van der Waals surface area (Å²) in [6.45, 7) is 11.5. The van der Waals surface area contributed by atoms with Crippen LogP contribution in [0.15, 0.2) is 41.5 Å². The first-order valence-corrected chi connectivity index (χ1v) is 12.6. The fraction of sp³-hybridized carbons (Fsp3) is 0.571. The summed E-state index contributed by atoms with van der Waals surface area (Å²) in [5.74, 6) is -0.467. The van der Waals surface area contributed by atoms with Crippen LogP contribution in [0.25, 0.3) is 0 Å². The minimum Gasteiger partial charge on any atom is -0.507 e. The highest BCUT2D eigenvalue weighted by molar-refractivity contribution is 6.18. The highest BCUT2D eigenvalue weighted by atomic mass is 16.6. The third-order valence-corrected chi connectivity index (χ3v) is 8.15. The van der Waals surface area contributed by atoms with Crippen molar-refractivity contribution >= 4 is 11.6 Å². The zero-order chi connectivity index (χ0) is 24.3. The summed E-state index contributed by atoms with van der Waals surface area (Å²) < 4.78 is 13.2. The normalized spacial score (nSPS) is 32.9. The maximum absolute atomic E-state index is 14.2. The largest absolute Gasteiger partial charge is 0.507 e. The van der Waals surface area contributed by atoms with E-state index in [1.807, 2.05) is 26.0 Å². The molecule has 1 unspecified atom stereocenters. The van der Waals surface area contributed by atoms with Gasteiger partial charge in [0.05, 0.1) is 6.61 Å². The summed E-state index contributed by atoms with van der Waals surface area (Å²) >= 11 is 0. The fourth-order valence-electron chi connectivity index (χ4n) is 6.79. The van der Waals surface area contributed by atoms with Crippen LogP contribution in [0.1, 0.15) is 57.3 Å². The van der Waals surface area contributed by atoms with E-state index in [1.54, 1.807) is 12.1 Å². The fourth-order valence-corrected chi connectivity index (χ4v) is 6.79. The molecule has 3 aliphatic carbocycles. The maximum atomic E-state index is 14.2. The second-order valence-corrected chi connectivity index (χ2v) is 10.5. The molecule has 5 atom stereocenters. The number of Topliss-reactive ketones (excluding diaryl/α,β-unsaturated/α-hetero) is 2. The van der Waals surface area contributed by atoms with Gasteiger partial charge in [-0.15, -0.1) is 0 Å². The van der Waals surface area contributed by atoms with Crippen molar-refractivity contribution in [1.29, 1.82) is 0 Å². The number of ether oxygens (including phenoxy) is 2. The van der Waals surface area contributed by atoms with Gasteiger partial charge < -0.3 is 19.5 Å². The molecule has 6 rings (SSSR count). The van der Waals surface area contributed by atoms with E-state index in [0.717, 1.165) is 38.0 Å². The quantitative estimate of drug-likeness (QED) is 0.576. The smallest absolute Gasteiger partial charge is 0.200 e. The predicted octanol–water partition coefficient (Wildman–Crippen LogP) is 4.32. The Morgan fingerprint density at radius 2 is 1.94 bits per heavy atom. The van der Waals surface area contributed by atoms with Gasteiger partial charge in [-0.1, -0.05) is 37.6 Å². The third-order valence-electron chi connectivity index (χ3n) is 8.15. The SMILES string of the molecule is CCCN(CCC)C[C@@H]1[C@H]2COC3(CC=C(C)C)C(=O)[C@@H]1C=C1C(=O)c4c(O)cccc4O[C@]123. The lowest BCUT2D eigenvalue weighted by atomic mass is 9.49. The summed E-state index contributed by atoms with van der Waals surface area (Å²) in [4.78, 5) is 30.4. The molecular weight excluding hydrogens is 430 g/mol. The van der Waals surface area contributed by atoms with E-state index in [2.05, 4.69) is 18.7 Å². The van der Waals surface area contributed by atoms with Crippen molar-refractivity contribution in [1.82, 2.24) is 4.90 Å². The number of carbonyl (C=O) groups excluding carboxylic acids is 2. The molecule has 2 heterocycles. The molecule has 5 aliphatic rings. The van der Waals surface area contributed by atoms with Gasteiger partial charge in [-0.25, -0.2) is 0 Å². The third kappa shape index (κ3) is 3.01. The van der Waals surface area contributed by atoms with Crippen molar-refractivity contribution in [2.75, 3.05) is 26.2 Å². The lowest BCUT2D eigenvalue weighted by Crippen LogP contribution is -2.74. The monoisotopic (exact) mass is 465 g/mol. The van der Waals surface area contributed by atoms with Gasteiger partial charge in [0.25, 0.3) is 0 Å². The standard InChI is InChI=1S/C28H35NO5/c1-5-12-29(13-6-2)15-19-18-14-20-25(31)24-22(30)8-7-9-23(24)34-28(20)21(19)16-33-27(28,26(18)32)11-10-17(3)4/h7-10,14,18-19,21,30H,5-6,11-13,15-16H2,1-4H3/t18-,19+,21-,27?,28-/m1/s1. The molecule has 1 spiro atoms. The van der Waals surface area contributed by atoms with E-state index in [0.29, 0.717) is 24.4 Å². The number of rotatable bonds is 8. The second-order valence-electron chi connectivity index (χ2n) is 10.5. The Morgan fingerprint density at radius 3 is 2.62 bits per heavy atom. The van der Waals surface area contributed by atoms with Crippen LogP contribution in [0.5, 0.6) is 11.5 Å². The molecule has 34 heavy (non-hydrogen) atoms. The summed E-state index contributed by atoms with van der Waals surface area (Å²) in [5.41, 5.74) is -0.626. The van der Waals surface area contributed by atoms with Gasteiger partial charge in [0.15, 0.2) is 22.8 Å². The van der Waals surface area contributed by atoms with Crippen LogP contribution in [0.4, 0.5) is 0 Å². The van der Waals surface area contributed by atoms with E-state index < -0.39 is 17.1 Å². The van der Waals surface area contributed by atoms with Gasteiger partial charge >= 0.3 is 0 Å². The van der Waals surface area contributed by atoms with Crippen LogP contribution in [0.2, 0.25) is 0 Å². The molecule has 6 heteroatoms. The van der Waals surface area contributed by atoms with E-state index in [9.17, 15) is 14.7 Å². The Morgan fingerprint density at radius 1 is 1.21 bits per heavy atom. The average Bonchev–Trinajstić information content (AvgIpc) is 3.08. The molecule has 2 aliphatic heterocycles. The van der Waals surface area contributed by atoms with Gasteiger partial charge in [0.2, 0.25) is 0 Å². The highest BCUT2D eigenvalue weighted by Gasteiger charge is 2.79. The van der Waals surface area contributed by atoms with E-state index in [-0.39, 0.29) is 34.7 Å². The first-order valence-electron chi connectivity index (χ1n) is 12.6. The molecule has 0 aromatic heterocycles. The zero-order valence-corrected chi connectivity index (χ0v) is 20.6. The number of aromatic hydroxyl groups is 1. The Hall–Kier alpha value is -2.44. The lowest BCUT2D eigenvalue weighted by molar-refractivity contribution is -0.171. The number of hydrogen-bond acceptors (Lipinski definition) is 6. The van der Waals surface area contributed by atoms with Crippen molar-refractivity contribution in [2.24, 2.45) is 17.8 Å². The predicted molar refractivity (Wildman–Crippen MR) is 129 cm³/mol. The molecule has 1 saturated carbocycles. The number of phenols is 1. The number of allylic oxidation sites excluding steroid dienone is 2. The summed E-state index contributed by atoms with van der Waals surface area (Å²) in [7, 11) is 0. The molecular formula is C28H35NO5. The van der Waals surface area contributed by atoms with Crippen LogP contribution in [-0.4, -0.2) is 59.0 Å². The average molecular weight is 466 g/mol. The Balaban J connectivity index is 1.67. The van der Waals surface area contributed by atoms with Crippen molar-refractivity contribution in [3.05, 3.63) is 47.1 Å². The van der Waals surface area contributed by atoms with Crippen LogP contribution >= 0.6 is 0 Å². The Labute approximate surface area is 201 Å². The number of carbonyl (C=O) groups is 2. The Bertz CT molecular complexity index is 1080. The summed E-state index contributed by atoms with van der Waals surface area (Å²) in [6, 6.07) is 4.90. The number of ketones is 2. The number of hydrogen-bond donors (Lipinski definition) is 1. The van der Waals surface area contributed by atoms with Crippen LogP contribution in [-0.2, 0) is 9.53 Å². The molecule has 1 aromatic rings. The summed E-state index contributed by atoms with van der Waals surface area (Å²) in [6.07, 6.45) is 6.34. The van der Waals surface area contributed by atoms with Gasteiger partial charge in [0, 0.05) is 30.4 Å². The number of benzene rings is 1. The molecule has 4 bridgehead atoms. The topological polar surface area (TPSA) is 76.1 Å². The molecule has 182 valence electrons. The number of phenolic OH excluding ortho intramolecular Hbond substituents is 1. The molecule has 6 nitrogen and oxygen atoms in total. The Kier molecular flexibility index (Phi) is 5.72. The minimum absolute atomic E-state index is 0.0170. The minimum atomic E-state index is -1.22. The molecule has 0 amide bonds. The highest BCUT2D eigenvalue weighted by Crippen LogP contribution is 2.65. The molecule has 0 radical (unpaired) electrons. The molecule has 1 saturated heterocycles. The molecule has 1 aromatic carbocycles. The number of fused-ring (bicyclic) bond motifs is 1. The van der Waals surface area contributed by atoms with E-state index in [1.165, 1.54) is 6.07 Å². The van der Waals surface area contributed by atoms with Crippen molar-refractivity contribution in [3.8, 4) is 11.5 Å². The molecule has 1 N–H and O–H groups in total. The van der Waals surface area contributed by atoms with Gasteiger partial charge in [-0.3, -0.25) is 9.59 Å². The van der Waals surface area contributed by atoms with Crippen molar-refractivity contribution < 1.29 is 24.2 Å². The van der Waals surface area contributed by atoms with Gasteiger partial charge in [-0.2, -0.15) is 0 Å². The first-order chi connectivity index (χ1) is 16.3.